The Morgan fingerprint density at radius 1 is 1.67 bits per heavy atom. The van der Waals surface area contributed by atoms with Crippen LogP contribution in [0.25, 0.3) is 0 Å². The van der Waals surface area contributed by atoms with Gasteiger partial charge in [-0.3, -0.25) is 0 Å². The summed E-state index contributed by atoms with van der Waals surface area (Å²) in [7, 11) is 1.98. The largest absolute Gasteiger partial charge is 0.317 e. The third-order valence-corrected chi connectivity index (χ3v) is 1.41. The minimum atomic E-state index is 0.583. The number of nitrogens with one attached hydrogen (secondary N) is 1. The SMILES string of the molecule is [CH2]CCC(CC=C)NC. The van der Waals surface area contributed by atoms with E-state index in [2.05, 4.69) is 18.8 Å². The van der Waals surface area contributed by atoms with Crippen LogP contribution in [-0.2, 0) is 0 Å². The van der Waals surface area contributed by atoms with Gasteiger partial charge in [-0.2, -0.15) is 0 Å². The summed E-state index contributed by atoms with van der Waals surface area (Å²) in [6.45, 7) is 7.45. The fraction of sp³-hybridized carbons (Fsp3) is 0.625. The van der Waals surface area contributed by atoms with E-state index in [-0.39, 0.29) is 0 Å². The molecule has 0 aliphatic heterocycles. The molecule has 0 saturated heterocycles. The number of hydrogen-bond acceptors (Lipinski definition) is 1. The molecule has 9 heavy (non-hydrogen) atoms. The molecule has 0 heterocycles. The van der Waals surface area contributed by atoms with Crippen LogP contribution in [0, 0.1) is 6.92 Å². The zero-order valence-corrected chi connectivity index (χ0v) is 6.19. The predicted octanol–water partition coefficient (Wildman–Crippen LogP) is 1.76. The molecule has 0 amide bonds. The van der Waals surface area contributed by atoms with Crippen molar-refractivity contribution < 1.29 is 0 Å². The number of hydrogen-bond donors (Lipinski definition) is 1. The Morgan fingerprint density at radius 3 is 2.67 bits per heavy atom. The van der Waals surface area contributed by atoms with Crippen molar-refractivity contribution in [1.29, 1.82) is 0 Å². The molecular formula is C8H16N. The third-order valence-electron chi connectivity index (χ3n) is 1.41. The van der Waals surface area contributed by atoms with E-state index < -0.39 is 0 Å². The molecule has 1 N–H and O–H groups in total. The maximum absolute atomic E-state index is 3.78. The summed E-state index contributed by atoms with van der Waals surface area (Å²) in [5.41, 5.74) is 0. The molecular weight excluding hydrogens is 110 g/mol. The first-order chi connectivity index (χ1) is 4.35. The monoisotopic (exact) mass is 126 g/mol. The second-order valence-corrected chi connectivity index (χ2v) is 2.15. The van der Waals surface area contributed by atoms with Gasteiger partial charge in [0.2, 0.25) is 0 Å². The molecule has 0 fully saturated rings. The first-order valence-electron chi connectivity index (χ1n) is 3.42. The fourth-order valence-electron chi connectivity index (χ4n) is 0.828. The van der Waals surface area contributed by atoms with Gasteiger partial charge in [0.25, 0.3) is 0 Å². The Morgan fingerprint density at radius 2 is 2.33 bits per heavy atom. The summed E-state index contributed by atoms with van der Waals surface area (Å²) in [6.07, 6.45) is 5.13. The van der Waals surface area contributed by atoms with Crippen LogP contribution in [0.5, 0.6) is 0 Å². The highest BCUT2D eigenvalue weighted by molar-refractivity contribution is 4.76. The van der Waals surface area contributed by atoms with Crippen molar-refractivity contribution in [1.82, 2.24) is 5.32 Å². The van der Waals surface area contributed by atoms with Crippen LogP contribution < -0.4 is 5.32 Å². The highest BCUT2D eigenvalue weighted by Crippen LogP contribution is 1.99. The molecule has 0 rings (SSSR count). The van der Waals surface area contributed by atoms with Crippen molar-refractivity contribution in [3.8, 4) is 0 Å². The lowest BCUT2D eigenvalue weighted by molar-refractivity contribution is 0.532. The molecule has 53 valence electrons. The number of rotatable bonds is 5. The van der Waals surface area contributed by atoms with Crippen LogP contribution in [0.4, 0.5) is 0 Å². The van der Waals surface area contributed by atoms with Gasteiger partial charge in [-0.15, -0.1) is 6.58 Å². The van der Waals surface area contributed by atoms with Crippen molar-refractivity contribution >= 4 is 0 Å². The Bertz CT molecular complexity index is 69.0. The summed E-state index contributed by atoms with van der Waals surface area (Å²) in [6, 6.07) is 0.583. The summed E-state index contributed by atoms with van der Waals surface area (Å²) in [5.74, 6) is 0. The van der Waals surface area contributed by atoms with Crippen LogP contribution in [0.1, 0.15) is 19.3 Å². The molecule has 1 nitrogen and oxygen atoms in total. The maximum Gasteiger partial charge on any atom is 0.00984 e. The highest BCUT2D eigenvalue weighted by atomic mass is 14.9. The van der Waals surface area contributed by atoms with E-state index >= 15 is 0 Å². The minimum absolute atomic E-state index is 0.583. The molecule has 1 radical (unpaired) electrons. The van der Waals surface area contributed by atoms with Gasteiger partial charge in [0.15, 0.2) is 0 Å². The second kappa shape index (κ2) is 5.83. The van der Waals surface area contributed by atoms with Crippen LogP contribution in [0.3, 0.4) is 0 Å². The van der Waals surface area contributed by atoms with E-state index in [1.54, 1.807) is 0 Å². The van der Waals surface area contributed by atoms with Crippen LogP contribution in [0.15, 0.2) is 12.7 Å². The quantitative estimate of drug-likeness (QED) is 0.553. The van der Waals surface area contributed by atoms with Gasteiger partial charge in [-0.25, -0.2) is 0 Å². The van der Waals surface area contributed by atoms with Crippen molar-refractivity contribution in [2.24, 2.45) is 0 Å². The normalized spacial score (nSPS) is 13.1. The average Bonchev–Trinajstić information content (AvgIpc) is 1.88. The van der Waals surface area contributed by atoms with Gasteiger partial charge in [-0.1, -0.05) is 19.4 Å². The lowest BCUT2D eigenvalue weighted by atomic mass is 10.1. The van der Waals surface area contributed by atoms with Gasteiger partial charge >= 0.3 is 0 Å². The van der Waals surface area contributed by atoms with Gasteiger partial charge in [0.05, 0.1) is 0 Å². The van der Waals surface area contributed by atoms with E-state index in [1.807, 2.05) is 13.1 Å². The topological polar surface area (TPSA) is 12.0 Å². The highest BCUT2D eigenvalue weighted by Gasteiger charge is 1.99. The zero-order chi connectivity index (χ0) is 7.11. The molecule has 1 heteroatoms. The van der Waals surface area contributed by atoms with Crippen molar-refractivity contribution in [2.45, 2.75) is 25.3 Å². The molecule has 0 aliphatic carbocycles. The van der Waals surface area contributed by atoms with Crippen molar-refractivity contribution in [3.05, 3.63) is 19.6 Å². The molecule has 0 aliphatic rings. The van der Waals surface area contributed by atoms with Crippen molar-refractivity contribution in [2.75, 3.05) is 7.05 Å². The van der Waals surface area contributed by atoms with E-state index in [1.165, 1.54) is 0 Å². The molecule has 1 unspecified atom stereocenters. The lowest BCUT2D eigenvalue weighted by Crippen LogP contribution is -2.23. The summed E-state index contributed by atoms with van der Waals surface area (Å²) in [4.78, 5) is 0. The standard InChI is InChI=1S/C8H16N/c1-4-6-8(9-3)7-5-2/h4,8-9H,1-2,5-7H2,3H3. The molecule has 1 atom stereocenters. The van der Waals surface area contributed by atoms with Gasteiger partial charge in [-0.05, 0) is 19.9 Å². The van der Waals surface area contributed by atoms with Gasteiger partial charge in [0.1, 0.15) is 0 Å². The minimum Gasteiger partial charge on any atom is -0.317 e. The van der Waals surface area contributed by atoms with Gasteiger partial charge < -0.3 is 5.32 Å². The van der Waals surface area contributed by atoms with Crippen molar-refractivity contribution in [3.63, 3.8) is 0 Å². The van der Waals surface area contributed by atoms with Gasteiger partial charge in [0, 0.05) is 6.04 Å². The maximum atomic E-state index is 3.78. The smallest absolute Gasteiger partial charge is 0.00984 e. The first kappa shape index (κ1) is 8.70. The molecule has 0 spiro atoms. The fourth-order valence-corrected chi connectivity index (χ4v) is 0.828. The van der Waals surface area contributed by atoms with Crippen LogP contribution in [0.2, 0.25) is 0 Å². The lowest BCUT2D eigenvalue weighted by Gasteiger charge is -2.11. The molecule has 0 saturated carbocycles. The predicted molar refractivity (Wildman–Crippen MR) is 42.3 cm³/mol. The van der Waals surface area contributed by atoms with E-state index in [9.17, 15) is 0 Å². The third kappa shape index (κ3) is 4.22. The Labute approximate surface area is 58.2 Å². The van der Waals surface area contributed by atoms with E-state index in [4.69, 9.17) is 0 Å². The molecule has 0 aromatic heterocycles. The summed E-state index contributed by atoms with van der Waals surface area (Å²) in [5, 5.41) is 3.19. The Kier molecular flexibility index (Phi) is 5.64. The van der Waals surface area contributed by atoms with E-state index in [0.717, 1.165) is 19.3 Å². The molecule has 0 aromatic rings. The second-order valence-electron chi connectivity index (χ2n) is 2.15. The molecule has 0 aromatic carbocycles. The average molecular weight is 126 g/mol. The first-order valence-corrected chi connectivity index (χ1v) is 3.42. The Hall–Kier alpha value is -0.300. The van der Waals surface area contributed by atoms with Crippen LogP contribution in [-0.4, -0.2) is 13.1 Å². The Balaban J connectivity index is 3.28. The summed E-state index contributed by atoms with van der Waals surface area (Å²) < 4.78 is 0. The van der Waals surface area contributed by atoms with E-state index in [0.29, 0.717) is 6.04 Å². The summed E-state index contributed by atoms with van der Waals surface area (Å²) >= 11 is 0. The molecule has 0 bridgehead atoms. The van der Waals surface area contributed by atoms with Crippen LogP contribution >= 0.6 is 0 Å². The zero-order valence-electron chi connectivity index (χ0n) is 6.19.